The average molecular weight is 537 g/mol. The topological polar surface area (TPSA) is 112 Å². The number of hydrogen-bond acceptors (Lipinski definition) is 7. The van der Waals surface area contributed by atoms with Crippen LogP contribution in [0, 0.1) is 5.41 Å². The van der Waals surface area contributed by atoms with Crippen LogP contribution >= 0.6 is 25.3 Å². The Morgan fingerprint density at radius 1 is 0.944 bits per heavy atom. The highest BCUT2D eigenvalue weighted by Crippen LogP contribution is 2.29. The van der Waals surface area contributed by atoms with E-state index in [1.54, 1.807) is 7.05 Å². The minimum absolute atomic E-state index is 0.177. The van der Waals surface area contributed by atoms with Gasteiger partial charge in [0.15, 0.2) is 10.3 Å². The Morgan fingerprint density at radius 2 is 1.50 bits per heavy atom. The van der Waals surface area contributed by atoms with E-state index in [1.165, 1.54) is 0 Å². The fourth-order valence-corrected chi connectivity index (χ4v) is 3.09. The Morgan fingerprint density at radius 3 is 2.00 bits per heavy atom. The van der Waals surface area contributed by atoms with E-state index in [9.17, 15) is 0 Å². The van der Waals surface area contributed by atoms with Gasteiger partial charge < -0.3 is 26.0 Å². The monoisotopic (exact) mass is 536 g/mol. The number of rotatable bonds is 10. The Hall–Kier alpha value is -2.08. The minimum atomic E-state index is -0.731. The highest BCUT2D eigenvalue weighted by atomic mass is 32.1. The fourth-order valence-electron chi connectivity index (χ4n) is 2.70. The molecule has 0 saturated heterocycles. The van der Waals surface area contributed by atoms with E-state index in [2.05, 4.69) is 77.1 Å². The highest BCUT2D eigenvalue weighted by Gasteiger charge is 2.35. The van der Waals surface area contributed by atoms with Crippen LogP contribution in [0.2, 0.25) is 0 Å². The molecule has 1 rings (SSSR count). The van der Waals surface area contributed by atoms with Gasteiger partial charge in [-0.25, -0.2) is 0 Å². The van der Waals surface area contributed by atoms with Gasteiger partial charge in [0, 0.05) is 43.3 Å². The molecule has 0 fully saturated rings. The number of hydrogen-bond donors (Lipinski definition) is 5. The van der Waals surface area contributed by atoms with Crippen LogP contribution in [-0.4, -0.2) is 60.8 Å². The maximum Gasteiger partial charge on any atom is 0.180 e. The first-order valence-electron chi connectivity index (χ1n) is 11.8. The first-order valence-corrected chi connectivity index (χ1v) is 12.7. The average Bonchev–Trinajstić information content (AvgIpc) is 2.76. The number of amidine groups is 2. The molecule has 0 radical (unpaired) electrons. The van der Waals surface area contributed by atoms with Crippen molar-refractivity contribution in [3.63, 3.8) is 0 Å². The van der Waals surface area contributed by atoms with Crippen LogP contribution in [0.1, 0.15) is 60.5 Å². The summed E-state index contributed by atoms with van der Waals surface area (Å²) in [6.07, 6.45) is 0.701. The van der Waals surface area contributed by atoms with Gasteiger partial charge in [-0.05, 0) is 46.2 Å². The van der Waals surface area contributed by atoms with Gasteiger partial charge in [0.05, 0.1) is 12.3 Å². The fraction of sp³-hybridized carbons (Fsp3) is 0.600. The van der Waals surface area contributed by atoms with Gasteiger partial charge in [-0.1, -0.05) is 32.9 Å². The SMILES string of the molecule is CN/C(S)=N/N=C(/C(C)=N/N=C(\S)NC(C)(C)CCOC(C)(N)C(C)(C)C)c1ccc(N(C)C)cc1. The predicted molar refractivity (Wildman–Crippen MR) is 162 cm³/mol. The van der Waals surface area contributed by atoms with Crippen LogP contribution in [0.15, 0.2) is 44.7 Å². The van der Waals surface area contributed by atoms with Gasteiger partial charge in [-0.15, -0.1) is 40.6 Å². The van der Waals surface area contributed by atoms with Crippen molar-refractivity contribution < 1.29 is 4.74 Å². The molecule has 0 bridgehead atoms. The lowest BCUT2D eigenvalue weighted by molar-refractivity contribution is -0.103. The molecule has 0 heterocycles. The van der Waals surface area contributed by atoms with Crippen LogP contribution in [-0.2, 0) is 4.74 Å². The van der Waals surface area contributed by atoms with E-state index in [0.717, 1.165) is 11.3 Å². The second kappa shape index (κ2) is 13.5. The largest absolute Gasteiger partial charge is 0.378 e. The van der Waals surface area contributed by atoms with Gasteiger partial charge in [0.2, 0.25) is 0 Å². The number of nitrogens with zero attached hydrogens (tertiary/aromatic N) is 5. The molecular formula is C25H44N8OS2. The third kappa shape index (κ3) is 10.5. The Bertz CT molecular complexity index is 975. The third-order valence-electron chi connectivity index (χ3n) is 5.83. The molecule has 1 unspecified atom stereocenters. The molecule has 0 aliphatic rings. The molecule has 0 amide bonds. The molecule has 0 aromatic heterocycles. The molecule has 1 atom stereocenters. The van der Waals surface area contributed by atoms with Crippen molar-refractivity contribution >= 4 is 52.7 Å². The van der Waals surface area contributed by atoms with Gasteiger partial charge in [-0.2, -0.15) is 5.10 Å². The molecular weight excluding hydrogens is 492 g/mol. The Labute approximate surface area is 228 Å². The second-order valence-electron chi connectivity index (χ2n) is 10.6. The molecule has 11 heteroatoms. The van der Waals surface area contributed by atoms with Crippen molar-refractivity contribution in [1.82, 2.24) is 10.6 Å². The maximum atomic E-state index is 6.33. The zero-order valence-corrected chi connectivity index (χ0v) is 25.1. The third-order valence-corrected chi connectivity index (χ3v) is 6.35. The summed E-state index contributed by atoms with van der Waals surface area (Å²) in [4.78, 5) is 2.03. The van der Waals surface area contributed by atoms with Crippen molar-refractivity contribution in [2.24, 2.45) is 31.6 Å². The zero-order chi connectivity index (χ0) is 27.7. The highest BCUT2D eigenvalue weighted by molar-refractivity contribution is 7.97. The summed E-state index contributed by atoms with van der Waals surface area (Å²) in [7, 11) is 5.70. The van der Waals surface area contributed by atoms with Gasteiger partial charge >= 0.3 is 0 Å². The summed E-state index contributed by atoms with van der Waals surface area (Å²) in [5, 5.41) is 24.0. The standard InChI is InChI=1S/C25H44N8OS2/c1-17(20(30-31-21(35)27-8)18-11-13-19(14-12-18)33(9)10)29-32-22(36)28-24(5,6)15-16-34-25(7,26)23(2,3)4/h11-14H,15-16,26H2,1-10H3,(H2,27,31,35)(H2,28,32,36)/b29-17+,30-20-. The van der Waals surface area contributed by atoms with Crippen LogP contribution in [0.3, 0.4) is 0 Å². The molecule has 0 saturated carbocycles. The summed E-state index contributed by atoms with van der Waals surface area (Å²) in [5.41, 5.74) is 8.16. The van der Waals surface area contributed by atoms with Crippen molar-refractivity contribution in [2.45, 2.75) is 66.2 Å². The number of thiol groups is 2. The van der Waals surface area contributed by atoms with E-state index in [4.69, 9.17) is 10.5 Å². The molecule has 1 aromatic carbocycles. The number of benzene rings is 1. The molecule has 0 aliphatic heterocycles. The number of ether oxygens (including phenoxy) is 1. The Kier molecular flexibility index (Phi) is 11.9. The van der Waals surface area contributed by atoms with Crippen LogP contribution in [0.5, 0.6) is 0 Å². The summed E-state index contributed by atoms with van der Waals surface area (Å²) < 4.78 is 5.97. The maximum absolute atomic E-state index is 6.33. The lowest BCUT2D eigenvalue weighted by Gasteiger charge is -2.39. The summed E-state index contributed by atoms with van der Waals surface area (Å²) in [5.74, 6) is 0. The summed E-state index contributed by atoms with van der Waals surface area (Å²) in [6.45, 7) is 14.5. The van der Waals surface area contributed by atoms with E-state index >= 15 is 0 Å². The zero-order valence-electron chi connectivity index (χ0n) is 23.3. The smallest absolute Gasteiger partial charge is 0.180 e. The van der Waals surface area contributed by atoms with Crippen molar-refractivity contribution in [3.8, 4) is 0 Å². The van der Waals surface area contributed by atoms with E-state index in [-0.39, 0.29) is 11.0 Å². The molecule has 0 spiro atoms. The number of nitrogens with one attached hydrogen (secondary N) is 2. The summed E-state index contributed by atoms with van der Waals surface area (Å²) in [6, 6.07) is 7.95. The van der Waals surface area contributed by atoms with Crippen molar-refractivity contribution in [3.05, 3.63) is 29.8 Å². The summed E-state index contributed by atoms with van der Waals surface area (Å²) >= 11 is 8.72. The van der Waals surface area contributed by atoms with Crippen molar-refractivity contribution in [1.29, 1.82) is 0 Å². The first kappa shape index (κ1) is 31.9. The molecule has 202 valence electrons. The quantitative estimate of drug-likeness (QED) is 0.102. The number of anilines is 1. The lowest BCUT2D eigenvalue weighted by Crippen LogP contribution is -2.52. The van der Waals surface area contributed by atoms with Crippen LogP contribution in [0.25, 0.3) is 0 Å². The molecule has 9 nitrogen and oxygen atoms in total. The Balaban J connectivity index is 3.03. The first-order chi connectivity index (χ1) is 16.5. The van der Waals surface area contributed by atoms with Crippen LogP contribution in [0.4, 0.5) is 5.69 Å². The second-order valence-corrected chi connectivity index (χ2v) is 11.5. The van der Waals surface area contributed by atoms with E-state index in [1.807, 2.05) is 71.0 Å². The van der Waals surface area contributed by atoms with Crippen LogP contribution < -0.4 is 21.3 Å². The molecule has 4 N–H and O–H groups in total. The van der Waals surface area contributed by atoms with Gasteiger partial charge in [0.1, 0.15) is 11.4 Å². The molecule has 36 heavy (non-hydrogen) atoms. The molecule has 0 aliphatic carbocycles. The van der Waals surface area contributed by atoms with Gasteiger partial charge in [0.25, 0.3) is 0 Å². The minimum Gasteiger partial charge on any atom is -0.378 e. The van der Waals surface area contributed by atoms with E-state index < -0.39 is 5.72 Å². The number of nitrogens with two attached hydrogens (primary N) is 1. The lowest BCUT2D eigenvalue weighted by atomic mass is 9.85. The normalized spacial score (nSPS) is 16.0. The van der Waals surface area contributed by atoms with Crippen molar-refractivity contribution in [2.75, 3.05) is 32.6 Å². The predicted octanol–water partition coefficient (Wildman–Crippen LogP) is 4.12. The molecule has 1 aromatic rings. The van der Waals surface area contributed by atoms with E-state index in [0.29, 0.717) is 34.8 Å². The van der Waals surface area contributed by atoms with Gasteiger partial charge in [-0.3, -0.25) is 0 Å².